The van der Waals surface area contributed by atoms with Crippen molar-refractivity contribution in [1.29, 1.82) is 0 Å². The fourth-order valence-electron chi connectivity index (χ4n) is 2.53. The normalized spacial score (nSPS) is 10.2. The van der Waals surface area contributed by atoms with Gasteiger partial charge in [0.2, 0.25) is 5.91 Å². The van der Waals surface area contributed by atoms with Crippen LogP contribution in [0, 0.1) is 6.92 Å². The third-order valence-electron chi connectivity index (χ3n) is 4.07. The molecule has 2 rings (SSSR count). The number of carbonyl (C=O) groups excluding carboxylic acids is 3. The first-order valence-corrected chi connectivity index (χ1v) is 8.83. The number of ketones is 1. The van der Waals surface area contributed by atoms with Gasteiger partial charge in [0.1, 0.15) is 5.75 Å². The van der Waals surface area contributed by atoms with Crippen molar-refractivity contribution in [3.8, 4) is 5.75 Å². The molecule has 6 heteroatoms. The van der Waals surface area contributed by atoms with Gasteiger partial charge in [0.15, 0.2) is 5.78 Å². The number of carbonyl (C=O) groups is 3. The fourth-order valence-corrected chi connectivity index (χ4v) is 2.53. The largest absolute Gasteiger partial charge is 0.494 e. The van der Waals surface area contributed by atoms with E-state index in [1.54, 1.807) is 49.5 Å². The molecular weight excluding hydrogens is 344 g/mol. The molecule has 0 atom stereocenters. The highest BCUT2D eigenvalue weighted by Gasteiger charge is 2.12. The summed E-state index contributed by atoms with van der Waals surface area (Å²) in [6, 6.07) is 12.0. The molecule has 142 valence electrons. The van der Waals surface area contributed by atoms with E-state index in [2.05, 4.69) is 10.6 Å². The lowest BCUT2D eigenvalue weighted by Crippen LogP contribution is -2.19. The van der Waals surface area contributed by atoms with Gasteiger partial charge in [-0.2, -0.15) is 0 Å². The van der Waals surface area contributed by atoms with Crippen molar-refractivity contribution in [2.24, 2.45) is 0 Å². The summed E-state index contributed by atoms with van der Waals surface area (Å²) < 4.78 is 5.35. The molecule has 0 aromatic heterocycles. The predicted octanol–water partition coefficient (Wildman–Crippen LogP) is 3.35. The third-order valence-corrected chi connectivity index (χ3v) is 4.07. The van der Waals surface area contributed by atoms with E-state index in [9.17, 15) is 14.4 Å². The lowest BCUT2D eigenvalue weighted by Gasteiger charge is -2.10. The molecule has 27 heavy (non-hydrogen) atoms. The Kier molecular flexibility index (Phi) is 7.11. The van der Waals surface area contributed by atoms with Gasteiger partial charge in [-0.1, -0.05) is 6.07 Å². The van der Waals surface area contributed by atoms with Crippen molar-refractivity contribution in [2.45, 2.75) is 26.7 Å². The highest BCUT2D eigenvalue weighted by Crippen LogP contribution is 2.18. The quantitative estimate of drug-likeness (QED) is 0.700. The molecule has 0 aliphatic rings. The van der Waals surface area contributed by atoms with Crippen LogP contribution in [0.3, 0.4) is 0 Å². The summed E-state index contributed by atoms with van der Waals surface area (Å²) in [5, 5.41) is 5.32. The van der Waals surface area contributed by atoms with Crippen LogP contribution in [0.4, 0.5) is 5.69 Å². The number of benzene rings is 2. The first-order valence-electron chi connectivity index (χ1n) is 8.83. The smallest absolute Gasteiger partial charge is 0.251 e. The van der Waals surface area contributed by atoms with Crippen molar-refractivity contribution in [1.82, 2.24) is 5.32 Å². The molecule has 0 fully saturated rings. The molecule has 0 aliphatic carbocycles. The molecule has 0 heterocycles. The van der Waals surface area contributed by atoms with Gasteiger partial charge in [-0.15, -0.1) is 0 Å². The summed E-state index contributed by atoms with van der Waals surface area (Å²) in [6.45, 7) is 4.30. The predicted molar refractivity (Wildman–Crippen MR) is 104 cm³/mol. The van der Waals surface area contributed by atoms with Crippen LogP contribution in [-0.2, 0) is 4.79 Å². The zero-order valence-corrected chi connectivity index (χ0v) is 15.8. The van der Waals surface area contributed by atoms with Gasteiger partial charge in [-0.3, -0.25) is 14.4 Å². The number of rotatable bonds is 8. The maximum absolute atomic E-state index is 12.2. The maximum atomic E-state index is 12.2. The second-order valence-corrected chi connectivity index (χ2v) is 6.04. The highest BCUT2D eigenvalue weighted by molar-refractivity contribution is 6.01. The van der Waals surface area contributed by atoms with Crippen LogP contribution in [-0.4, -0.2) is 31.3 Å². The first kappa shape index (κ1) is 20.2. The molecule has 2 amide bonds. The number of hydrogen-bond donors (Lipinski definition) is 2. The van der Waals surface area contributed by atoms with Crippen LogP contribution in [0.15, 0.2) is 42.5 Å². The van der Waals surface area contributed by atoms with Gasteiger partial charge in [0.25, 0.3) is 5.91 Å². The van der Waals surface area contributed by atoms with Crippen molar-refractivity contribution in [3.63, 3.8) is 0 Å². The number of amides is 2. The number of ether oxygens (including phenoxy) is 1. The Hall–Kier alpha value is -3.15. The van der Waals surface area contributed by atoms with E-state index in [1.807, 2.05) is 13.8 Å². The summed E-state index contributed by atoms with van der Waals surface area (Å²) in [5.41, 5.74) is 2.41. The van der Waals surface area contributed by atoms with Gasteiger partial charge in [-0.05, 0) is 55.8 Å². The van der Waals surface area contributed by atoms with Crippen LogP contribution in [0.2, 0.25) is 0 Å². The lowest BCUT2D eigenvalue weighted by molar-refractivity contribution is -0.116. The summed E-state index contributed by atoms with van der Waals surface area (Å²) >= 11 is 0. The number of Topliss-reactive ketones (excluding diaryl/α,β-unsaturated/α-hetero) is 1. The van der Waals surface area contributed by atoms with Crippen LogP contribution in [0.5, 0.6) is 5.75 Å². The van der Waals surface area contributed by atoms with Gasteiger partial charge < -0.3 is 15.4 Å². The van der Waals surface area contributed by atoms with E-state index in [0.717, 1.165) is 5.56 Å². The van der Waals surface area contributed by atoms with Gasteiger partial charge in [-0.25, -0.2) is 0 Å². The van der Waals surface area contributed by atoms with Crippen LogP contribution < -0.4 is 15.4 Å². The molecule has 2 aromatic carbocycles. The second kappa shape index (κ2) is 9.52. The number of nitrogens with one attached hydrogen (secondary N) is 2. The average Bonchev–Trinajstić information content (AvgIpc) is 2.68. The summed E-state index contributed by atoms with van der Waals surface area (Å²) in [6.07, 6.45) is 0.170. The Bertz CT molecular complexity index is 829. The zero-order chi connectivity index (χ0) is 19.8. The van der Waals surface area contributed by atoms with Crippen LogP contribution in [0.1, 0.15) is 46.0 Å². The topological polar surface area (TPSA) is 84.5 Å². The summed E-state index contributed by atoms with van der Waals surface area (Å²) in [4.78, 5) is 36.2. The Morgan fingerprint density at radius 3 is 2.26 bits per heavy atom. The molecule has 2 aromatic rings. The van der Waals surface area contributed by atoms with Crippen molar-refractivity contribution in [2.75, 3.05) is 19.0 Å². The fraction of sp³-hybridized carbons (Fsp3) is 0.286. The second-order valence-electron chi connectivity index (χ2n) is 6.04. The Morgan fingerprint density at radius 2 is 1.63 bits per heavy atom. The number of hydrogen-bond acceptors (Lipinski definition) is 4. The molecule has 0 aliphatic heterocycles. The molecule has 0 unspecified atom stereocenters. The molecule has 0 saturated heterocycles. The lowest BCUT2D eigenvalue weighted by atomic mass is 10.1. The molecule has 0 saturated carbocycles. The Balaban J connectivity index is 1.94. The number of anilines is 1. The summed E-state index contributed by atoms with van der Waals surface area (Å²) in [7, 11) is 1.55. The summed E-state index contributed by atoms with van der Waals surface area (Å²) in [5.74, 6) is 0.102. The maximum Gasteiger partial charge on any atom is 0.251 e. The van der Waals surface area contributed by atoms with E-state index >= 15 is 0 Å². The van der Waals surface area contributed by atoms with Crippen molar-refractivity contribution < 1.29 is 19.1 Å². The standard InChI is InChI=1S/C21H24N2O4/c1-4-27-17-9-7-15(8-10-17)19(24)11-12-20(25)23-18-13-16(21(26)22-3)6-5-14(18)2/h5-10,13H,4,11-12H2,1-3H3,(H,22,26)(H,23,25). The minimum atomic E-state index is -0.272. The first-order chi connectivity index (χ1) is 12.9. The van der Waals surface area contributed by atoms with E-state index in [1.165, 1.54) is 0 Å². The van der Waals surface area contributed by atoms with Gasteiger partial charge >= 0.3 is 0 Å². The monoisotopic (exact) mass is 368 g/mol. The molecule has 0 radical (unpaired) electrons. The van der Waals surface area contributed by atoms with E-state index in [4.69, 9.17) is 4.74 Å². The average molecular weight is 368 g/mol. The number of aryl methyl sites for hydroxylation is 1. The zero-order valence-electron chi connectivity index (χ0n) is 15.8. The Morgan fingerprint density at radius 1 is 0.963 bits per heavy atom. The van der Waals surface area contributed by atoms with E-state index < -0.39 is 0 Å². The molecule has 2 N–H and O–H groups in total. The SMILES string of the molecule is CCOc1ccc(C(=O)CCC(=O)Nc2cc(C(=O)NC)ccc2C)cc1. The molecule has 0 bridgehead atoms. The minimum absolute atomic E-state index is 0.0652. The molecular formula is C21H24N2O4. The van der Waals surface area contributed by atoms with Crippen LogP contribution in [0.25, 0.3) is 0 Å². The van der Waals surface area contributed by atoms with Crippen LogP contribution >= 0.6 is 0 Å². The van der Waals surface area contributed by atoms with Crippen molar-refractivity contribution in [3.05, 3.63) is 59.2 Å². The van der Waals surface area contributed by atoms with E-state index in [-0.39, 0.29) is 30.4 Å². The van der Waals surface area contributed by atoms with E-state index in [0.29, 0.717) is 29.2 Å². The Labute approximate surface area is 158 Å². The van der Waals surface area contributed by atoms with Gasteiger partial charge in [0, 0.05) is 36.7 Å². The third kappa shape index (κ3) is 5.67. The highest BCUT2D eigenvalue weighted by atomic mass is 16.5. The minimum Gasteiger partial charge on any atom is -0.494 e. The molecule has 0 spiro atoms. The van der Waals surface area contributed by atoms with Crippen molar-refractivity contribution >= 4 is 23.3 Å². The van der Waals surface area contributed by atoms with Gasteiger partial charge in [0.05, 0.1) is 6.61 Å². The molecule has 6 nitrogen and oxygen atoms in total.